The van der Waals surface area contributed by atoms with Crippen LogP contribution < -0.4 is 0 Å². The summed E-state index contributed by atoms with van der Waals surface area (Å²) in [5.74, 6) is -0.232. The van der Waals surface area contributed by atoms with Crippen LogP contribution in [0.2, 0.25) is 0 Å². The van der Waals surface area contributed by atoms with Crippen LogP contribution in [0, 0.1) is 5.82 Å². The predicted octanol–water partition coefficient (Wildman–Crippen LogP) is 3.02. The van der Waals surface area contributed by atoms with E-state index in [2.05, 4.69) is 11.0 Å². The summed E-state index contributed by atoms with van der Waals surface area (Å²) in [4.78, 5) is 6.98. The number of hydrogen-bond acceptors (Lipinski definition) is 3. The molecule has 1 aliphatic heterocycles. The maximum atomic E-state index is 13.0. The Bertz CT molecular complexity index is 662. The predicted molar refractivity (Wildman–Crippen MR) is 84.9 cm³/mol. The number of pyridine rings is 1. The Morgan fingerprint density at radius 3 is 2.59 bits per heavy atom. The number of aromatic nitrogens is 1. The van der Waals surface area contributed by atoms with E-state index in [9.17, 15) is 9.50 Å². The maximum absolute atomic E-state index is 13.0. The van der Waals surface area contributed by atoms with Crippen molar-refractivity contribution in [1.82, 2.24) is 9.88 Å². The molecule has 116 valence electrons. The minimum absolute atomic E-state index is 0.232. The molecule has 1 aromatic heterocycles. The average molecular weight is 300 g/mol. The Morgan fingerprint density at radius 1 is 1.18 bits per heavy atom. The highest BCUT2D eigenvalue weighted by atomic mass is 19.1. The van der Waals surface area contributed by atoms with Gasteiger partial charge in [-0.3, -0.25) is 9.88 Å². The third kappa shape index (κ3) is 3.51. The number of halogens is 1. The summed E-state index contributed by atoms with van der Waals surface area (Å²) < 4.78 is 13.0. The molecule has 1 aromatic carbocycles. The highest BCUT2D eigenvalue weighted by Crippen LogP contribution is 2.24. The molecule has 1 N–H and O–H groups in total. The molecule has 0 bridgehead atoms. The van der Waals surface area contributed by atoms with E-state index in [1.54, 1.807) is 12.1 Å². The molecule has 2 aromatic rings. The molecule has 2 heterocycles. The van der Waals surface area contributed by atoms with E-state index in [1.165, 1.54) is 17.7 Å². The minimum atomic E-state index is -0.682. The summed E-state index contributed by atoms with van der Waals surface area (Å²) in [6.07, 6.45) is 0.875. The molecular weight excluding hydrogens is 279 g/mol. The van der Waals surface area contributed by atoms with Crippen molar-refractivity contribution in [2.75, 3.05) is 13.1 Å². The second kappa shape index (κ2) is 5.78. The summed E-state index contributed by atoms with van der Waals surface area (Å²) in [6, 6.07) is 10.5. The molecule has 0 saturated heterocycles. The van der Waals surface area contributed by atoms with E-state index in [0.29, 0.717) is 6.54 Å². The molecule has 0 unspecified atom stereocenters. The number of rotatable bonds is 3. The van der Waals surface area contributed by atoms with Gasteiger partial charge in [0.25, 0.3) is 0 Å². The Labute approximate surface area is 130 Å². The van der Waals surface area contributed by atoms with Gasteiger partial charge in [0.15, 0.2) is 0 Å². The van der Waals surface area contributed by atoms with Gasteiger partial charge in [0.2, 0.25) is 0 Å². The van der Waals surface area contributed by atoms with Gasteiger partial charge in [0, 0.05) is 37.3 Å². The molecule has 0 aliphatic carbocycles. The number of aliphatic hydroxyl groups is 1. The van der Waals surface area contributed by atoms with Gasteiger partial charge in [-0.15, -0.1) is 0 Å². The molecule has 4 heteroatoms. The summed E-state index contributed by atoms with van der Waals surface area (Å²) in [7, 11) is 0. The Hall–Kier alpha value is -1.78. The number of nitrogens with zero attached hydrogens (tertiary/aromatic N) is 2. The summed E-state index contributed by atoms with van der Waals surface area (Å²) in [5, 5.41) is 9.95. The zero-order valence-electron chi connectivity index (χ0n) is 13.0. The van der Waals surface area contributed by atoms with E-state index in [1.807, 2.05) is 19.9 Å². The lowest BCUT2D eigenvalue weighted by Gasteiger charge is -2.32. The fourth-order valence-electron chi connectivity index (χ4n) is 2.94. The first-order valence-electron chi connectivity index (χ1n) is 7.60. The van der Waals surface area contributed by atoms with Crippen molar-refractivity contribution >= 4 is 0 Å². The quantitative estimate of drug-likeness (QED) is 0.946. The van der Waals surface area contributed by atoms with Crippen molar-refractivity contribution in [3.05, 3.63) is 53.5 Å². The lowest BCUT2D eigenvalue weighted by molar-refractivity contribution is 0.0315. The van der Waals surface area contributed by atoms with Gasteiger partial charge in [0.1, 0.15) is 5.82 Å². The summed E-state index contributed by atoms with van der Waals surface area (Å²) in [5.41, 5.74) is 3.45. The minimum Gasteiger partial charge on any atom is -0.389 e. The molecule has 3 nitrogen and oxygen atoms in total. The average Bonchev–Trinajstić information content (AvgIpc) is 2.46. The third-order valence-electron chi connectivity index (χ3n) is 3.88. The number of hydrogen-bond donors (Lipinski definition) is 1. The Kier molecular flexibility index (Phi) is 3.98. The third-order valence-corrected chi connectivity index (χ3v) is 3.88. The molecule has 0 amide bonds. The van der Waals surface area contributed by atoms with Crippen LogP contribution in [0.1, 0.15) is 25.1 Å². The molecule has 0 saturated carbocycles. The first-order valence-corrected chi connectivity index (χ1v) is 7.60. The van der Waals surface area contributed by atoms with E-state index in [4.69, 9.17) is 4.98 Å². The maximum Gasteiger partial charge on any atom is 0.123 e. The lowest BCUT2D eigenvalue weighted by Crippen LogP contribution is -2.41. The smallest absolute Gasteiger partial charge is 0.123 e. The van der Waals surface area contributed by atoms with E-state index >= 15 is 0 Å². The van der Waals surface area contributed by atoms with Crippen molar-refractivity contribution in [2.24, 2.45) is 0 Å². The lowest BCUT2D eigenvalue weighted by atomic mass is 10.0. The second-order valence-corrected chi connectivity index (χ2v) is 6.58. The van der Waals surface area contributed by atoms with Crippen molar-refractivity contribution < 1.29 is 9.50 Å². The highest BCUT2D eigenvalue weighted by Gasteiger charge is 2.23. The summed E-state index contributed by atoms with van der Waals surface area (Å²) in [6.45, 7) is 6.04. The van der Waals surface area contributed by atoms with Crippen molar-refractivity contribution in [1.29, 1.82) is 0 Å². The SMILES string of the molecule is CC(C)(O)CN1CCc2nc(-c3ccc(F)cc3)ccc2C1. The molecule has 0 radical (unpaired) electrons. The first-order chi connectivity index (χ1) is 10.4. The monoisotopic (exact) mass is 300 g/mol. The molecule has 22 heavy (non-hydrogen) atoms. The van der Waals surface area contributed by atoms with Crippen LogP contribution in [-0.2, 0) is 13.0 Å². The molecule has 0 fully saturated rings. The van der Waals surface area contributed by atoms with Gasteiger partial charge in [-0.2, -0.15) is 0 Å². The fourth-order valence-corrected chi connectivity index (χ4v) is 2.94. The second-order valence-electron chi connectivity index (χ2n) is 6.58. The van der Waals surface area contributed by atoms with E-state index < -0.39 is 5.60 Å². The molecule has 0 atom stereocenters. The number of benzene rings is 1. The van der Waals surface area contributed by atoms with Crippen LogP contribution in [0.3, 0.4) is 0 Å². The van der Waals surface area contributed by atoms with Gasteiger partial charge in [-0.25, -0.2) is 4.39 Å². The van der Waals surface area contributed by atoms with E-state index in [0.717, 1.165) is 36.5 Å². The van der Waals surface area contributed by atoms with Crippen LogP contribution in [0.5, 0.6) is 0 Å². The van der Waals surface area contributed by atoms with Gasteiger partial charge in [0.05, 0.1) is 11.3 Å². The van der Waals surface area contributed by atoms with Gasteiger partial charge in [-0.05, 0) is 49.7 Å². The molecule has 0 spiro atoms. The van der Waals surface area contributed by atoms with Crippen molar-refractivity contribution in [3.8, 4) is 11.3 Å². The molecule has 3 rings (SSSR count). The Balaban J connectivity index is 1.80. The van der Waals surface area contributed by atoms with Crippen molar-refractivity contribution in [2.45, 2.75) is 32.4 Å². The van der Waals surface area contributed by atoms with Crippen LogP contribution in [-0.4, -0.2) is 33.7 Å². The van der Waals surface area contributed by atoms with Crippen molar-refractivity contribution in [3.63, 3.8) is 0 Å². The van der Waals surface area contributed by atoms with Gasteiger partial charge < -0.3 is 5.11 Å². The topological polar surface area (TPSA) is 36.4 Å². The zero-order chi connectivity index (χ0) is 15.7. The van der Waals surface area contributed by atoms with Crippen LogP contribution in [0.15, 0.2) is 36.4 Å². The largest absolute Gasteiger partial charge is 0.389 e. The van der Waals surface area contributed by atoms with Gasteiger partial charge >= 0.3 is 0 Å². The fraction of sp³-hybridized carbons (Fsp3) is 0.389. The van der Waals surface area contributed by atoms with E-state index in [-0.39, 0.29) is 5.82 Å². The Morgan fingerprint density at radius 2 is 1.91 bits per heavy atom. The van der Waals surface area contributed by atoms with Gasteiger partial charge in [-0.1, -0.05) is 6.07 Å². The summed E-state index contributed by atoms with van der Waals surface area (Å²) >= 11 is 0. The first kappa shape index (κ1) is 15.1. The van der Waals surface area contributed by atoms with Crippen LogP contribution >= 0.6 is 0 Å². The molecular formula is C18H21FN2O. The highest BCUT2D eigenvalue weighted by molar-refractivity contribution is 5.59. The standard InChI is InChI=1S/C18H21FN2O/c1-18(2,22)12-21-10-9-17-14(11-21)5-8-16(20-17)13-3-6-15(19)7-4-13/h3-8,22H,9-12H2,1-2H3. The molecule has 1 aliphatic rings. The van der Waals surface area contributed by atoms with Crippen LogP contribution in [0.25, 0.3) is 11.3 Å². The number of β-amino-alcohol motifs (C(OH)–C–C–N with tert-alkyl or cyclic N) is 1. The zero-order valence-corrected chi connectivity index (χ0v) is 13.0. The van der Waals surface area contributed by atoms with Crippen LogP contribution in [0.4, 0.5) is 4.39 Å². The normalized spacial score (nSPS) is 15.6. The number of fused-ring (bicyclic) bond motifs is 1.